The highest BCUT2D eigenvalue weighted by atomic mass is 16.5. The maximum Gasteiger partial charge on any atom is 0.309 e. The molecule has 0 saturated heterocycles. The quantitative estimate of drug-likeness (QED) is 0.315. The lowest BCUT2D eigenvalue weighted by atomic mass is 9.95. The van der Waals surface area contributed by atoms with Gasteiger partial charge in [0.15, 0.2) is 0 Å². The first kappa shape index (κ1) is 22.3. The van der Waals surface area contributed by atoms with E-state index in [1.54, 1.807) is 0 Å². The summed E-state index contributed by atoms with van der Waals surface area (Å²) in [4.78, 5) is 23.6. The fourth-order valence-electron chi connectivity index (χ4n) is 3.72. The molecule has 2 rings (SSSR count). The number of rotatable bonds is 10. The van der Waals surface area contributed by atoms with Crippen LogP contribution in [0.1, 0.15) is 81.0 Å². The number of ether oxygens (including phenoxy) is 3. The van der Waals surface area contributed by atoms with Gasteiger partial charge in [0.05, 0.1) is 13.0 Å². The minimum atomic E-state index is -0.334. The summed E-state index contributed by atoms with van der Waals surface area (Å²) < 4.78 is 16.9. The molecule has 28 heavy (non-hydrogen) atoms. The Kier molecular flexibility index (Phi) is 8.34. The molecule has 1 heterocycles. The van der Waals surface area contributed by atoms with Crippen molar-refractivity contribution in [2.45, 2.75) is 92.1 Å². The number of hydrogen-bond acceptors (Lipinski definition) is 5. The highest BCUT2D eigenvalue weighted by molar-refractivity contribution is 5.73. The lowest BCUT2D eigenvalue weighted by molar-refractivity contribution is -0.145. The van der Waals surface area contributed by atoms with Crippen LogP contribution in [0.3, 0.4) is 0 Å². The number of esters is 2. The van der Waals surface area contributed by atoms with Crippen LogP contribution in [-0.2, 0) is 20.7 Å². The second kappa shape index (κ2) is 10.5. The molecule has 0 aliphatic carbocycles. The molecule has 1 aliphatic heterocycles. The average Bonchev–Trinajstić information content (AvgIpc) is 3.06. The molecule has 0 bridgehead atoms. The highest BCUT2D eigenvalue weighted by Crippen LogP contribution is 2.43. The number of unbranched alkanes of at least 4 members (excludes halogenated alkanes) is 5. The highest BCUT2D eigenvalue weighted by Gasteiger charge is 2.31. The van der Waals surface area contributed by atoms with Crippen molar-refractivity contribution >= 4 is 11.9 Å². The minimum absolute atomic E-state index is 0.210. The fraction of sp³-hybridized carbons (Fsp3) is 0.652. The van der Waals surface area contributed by atoms with E-state index in [1.807, 2.05) is 20.8 Å². The van der Waals surface area contributed by atoms with Gasteiger partial charge in [-0.15, -0.1) is 0 Å². The SMILES string of the molecule is CCCCCCCCOC(=O)CC1Cc2c(C)c(OC(C)=O)c(C)c(C)c2O1. The van der Waals surface area contributed by atoms with Crippen LogP contribution in [0, 0.1) is 20.8 Å². The van der Waals surface area contributed by atoms with Crippen molar-refractivity contribution in [1.82, 2.24) is 0 Å². The van der Waals surface area contributed by atoms with Crippen LogP contribution in [0.5, 0.6) is 11.5 Å². The standard InChI is InChI=1S/C23H34O5/c1-6-7-8-9-10-11-12-26-21(25)14-19-13-20-17(4)22(27-18(5)24)15(2)16(3)23(20)28-19/h19H,6-14H2,1-5H3. The summed E-state index contributed by atoms with van der Waals surface area (Å²) in [5, 5.41) is 0. The minimum Gasteiger partial charge on any atom is -0.489 e. The first-order chi connectivity index (χ1) is 13.3. The summed E-state index contributed by atoms with van der Waals surface area (Å²) in [7, 11) is 0. The van der Waals surface area contributed by atoms with Crippen molar-refractivity contribution in [3.05, 3.63) is 22.3 Å². The van der Waals surface area contributed by atoms with Crippen LogP contribution in [0.4, 0.5) is 0 Å². The largest absolute Gasteiger partial charge is 0.489 e. The van der Waals surface area contributed by atoms with E-state index in [9.17, 15) is 9.59 Å². The predicted molar refractivity (Wildman–Crippen MR) is 109 cm³/mol. The Morgan fingerprint density at radius 1 is 1.00 bits per heavy atom. The van der Waals surface area contributed by atoms with Crippen molar-refractivity contribution in [3.8, 4) is 11.5 Å². The molecule has 0 spiro atoms. The summed E-state index contributed by atoms with van der Waals surface area (Å²) in [6, 6.07) is 0. The number of hydrogen-bond donors (Lipinski definition) is 0. The molecule has 0 aromatic heterocycles. The smallest absolute Gasteiger partial charge is 0.309 e. The van der Waals surface area contributed by atoms with Crippen molar-refractivity contribution in [1.29, 1.82) is 0 Å². The Balaban J connectivity index is 1.87. The van der Waals surface area contributed by atoms with Gasteiger partial charge in [-0.25, -0.2) is 0 Å². The fourth-order valence-corrected chi connectivity index (χ4v) is 3.72. The third-order valence-corrected chi connectivity index (χ3v) is 5.43. The maximum atomic E-state index is 12.2. The van der Waals surface area contributed by atoms with Gasteiger partial charge < -0.3 is 14.2 Å². The van der Waals surface area contributed by atoms with E-state index in [0.29, 0.717) is 18.8 Å². The molecule has 0 N–H and O–H groups in total. The van der Waals surface area contributed by atoms with Crippen LogP contribution in [-0.4, -0.2) is 24.6 Å². The molecular weight excluding hydrogens is 356 g/mol. The first-order valence-corrected chi connectivity index (χ1v) is 10.5. The molecule has 0 amide bonds. The average molecular weight is 391 g/mol. The van der Waals surface area contributed by atoms with Crippen molar-refractivity contribution < 1.29 is 23.8 Å². The Morgan fingerprint density at radius 2 is 1.68 bits per heavy atom. The molecule has 1 unspecified atom stereocenters. The predicted octanol–water partition coefficient (Wildman–Crippen LogP) is 5.13. The second-order valence-electron chi connectivity index (χ2n) is 7.74. The maximum absolute atomic E-state index is 12.2. The van der Waals surface area contributed by atoms with Gasteiger partial charge in [-0.1, -0.05) is 39.0 Å². The molecule has 5 heteroatoms. The van der Waals surface area contributed by atoms with E-state index < -0.39 is 0 Å². The lowest BCUT2D eigenvalue weighted by Crippen LogP contribution is -2.20. The van der Waals surface area contributed by atoms with Gasteiger partial charge in [0.25, 0.3) is 0 Å². The molecule has 0 radical (unpaired) electrons. The molecule has 1 aliphatic rings. The summed E-state index contributed by atoms with van der Waals surface area (Å²) in [5.74, 6) is 0.885. The van der Waals surface area contributed by atoms with Crippen LogP contribution in [0.2, 0.25) is 0 Å². The van der Waals surface area contributed by atoms with Gasteiger partial charge in [0.2, 0.25) is 0 Å². The van der Waals surface area contributed by atoms with Gasteiger partial charge >= 0.3 is 11.9 Å². The van der Waals surface area contributed by atoms with Gasteiger partial charge in [-0.3, -0.25) is 9.59 Å². The van der Waals surface area contributed by atoms with Crippen molar-refractivity contribution in [2.24, 2.45) is 0 Å². The zero-order valence-electron chi connectivity index (χ0n) is 18.0. The first-order valence-electron chi connectivity index (χ1n) is 10.5. The van der Waals surface area contributed by atoms with Crippen LogP contribution >= 0.6 is 0 Å². The third kappa shape index (κ3) is 5.73. The molecule has 1 aromatic rings. The zero-order valence-corrected chi connectivity index (χ0v) is 18.0. The normalized spacial score (nSPS) is 15.1. The monoisotopic (exact) mass is 390 g/mol. The van der Waals surface area contributed by atoms with Gasteiger partial charge in [0, 0.05) is 18.9 Å². The third-order valence-electron chi connectivity index (χ3n) is 5.43. The topological polar surface area (TPSA) is 61.8 Å². The van der Waals surface area contributed by atoms with Gasteiger partial charge in [0.1, 0.15) is 17.6 Å². The lowest BCUT2D eigenvalue weighted by Gasteiger charge is -2.16. The van der Waals surface area contributed by atoms with E-state index in [0.717, 1.165) is 40.8 Å². The zero-order chi connectivity index (χ0) is 20.7. The summed E-state index contributed by atoms with van der Waals surface area (Å²) >= 11 is 0. The molecule has 1 atom stereocenters. The number of benzene rings is 1. The Labute approximate surface area is 168 Å². The number of carbonyl (C=O) groups excluding carboxylic acids is 2. The molecule has 5 nitrogen and oxygen atoms in total. The van der Waals surface area contributed by atoms with E-state index in [4.69, 9.17) is 14.2 Å². The van der Waals surface area contributed by atoms with Gasteiger partial charge in [-0.2, -0.15) is 0 Å². The number of fused-ring (bicyclic) bond motifs is 1. The molecule has 1 aromatic carbocycles. The van der Waals surface area contributed by atoms with Crippen molar-refractivity contribution in [3.63, 3.8) is 0 Å². The Bertz CT molecular complexity index is 708. The summed E-state index contributed by atoms with van der Waals surface area (Å²) in [5.41, 5.74) is 3.79. The molecule has 156 valence electrons. The molecular formula is C23H34O5. The van der Waals surface area contributed by atoms with Crippen LogP contribution in [0.15, 0.2) is 0 Å². The van der Waals surface area contributed by atoms with E-state index in [1.165, 1.54) is 32.6 Å². The Hall–Kier alpha value is -2.04. The van der Waals surface area contributed by atoms with Crippen LogP contribution in [0.25, 0.3) is 0 Å². The molecule has 0 saturated carbocycles. The van der Waals surface area contributed by atoms with E-state index >= 15 is 0 Å². The second-order valence-corrected chi connectivity index (χ2v) is 7.74. The Morgan fingerprint density at radius 3 is 2.36 bits per heavy atom. The van der Waals surface area contributed by atoms with Crippen LogP contribution < -0.4 is 9.47 Å². The van der Waals surface area contributed by atoms with E-state index in [-0.39, 0.29) is 24.5 Å². The number of carbonyl (C=O) groups is 2. The van der Waals surface area contributed by atoms with Crippen molar-refractivity contribution in [2.75, 3.05) is 6.61 Å². The summed E-state index contributed by atoms with van der Waals surface area (Å²) in [6.07, 6.45) is 7.64. The molecule has 0 fully saturated rings. The van der Waals surface area contributed by atoms with Gasteiger partial charge in [-0.05, 0) is 43.9 Å². The van der Waals surface area contributed by atoms with E-state index in [2.05, 4.69) is 6.92 Å². The summed E-state index contributed by atoms with van der Waals surface area (Å²) in [6.45, 7) is 9.91.